The highest BCUT2D eigenvalue weighted by atomic mass is 32.1. The van der Waals surface area contributed by atoms with E-state index in [2.05, 4.69) is 35.3 Å². The predicted octanol–water partition coefficient (Wildman–Crippen LogP) is 3.69. The van der Waals surface area contributed by atoms with E-state index in [1.54, 1.807) is 13.0 Å². The van der Waals surface area contributed by atoms with Crippen molar-refractivity contribution in [2.45, 2.75) is 19.5 Å². The van der Waals surface area contributed by atoms with E-state index in [-0.39, 0.29) is 35.4 Å². The van der Waals surface area contributed by atoms with Gasteiger partial charge in [0.05, 0.1) is 42.1 Å². The molecule has 3 rings (SSSR count). The molecule has 34 heavy (non-hydrogen) atoms. The maximum Gasteiger partial charge on any atom is 0.434 e. The van der Waals surface area contributed by atoms with Crippen LogP contribution in [0.4, 0.5) is 34.5 Å². The van der Waals surface area contributed by atoms with Crippen LogP contribution in [-0.4, -0.2) is 49.6 Å². The Morgan fingerprint density at radius 1 is 1.21 bits per heavy atom. The number of nitrogens with one attached hydrogen (secondary N) is 3. The first-order chi connectivity index (χ1) is 16.1. The molecule has 0 saturated carbocycles. The Balaban J connectivity index is 1.63. The topological polar surface area (TPSA) is 151 Å². The number of carboxylic acid groups (broad SMARTS) is 1. The summed E-state index contributed by atoms with van der Waals surface area (Å²) in [5, 5.41) is 16.2. The van der Waals surface area contributed by atoms with Crippen LogP contribution in [0.5, 0.6) is 5.88 Å². The van der Waals surface area contributed by atoms with E-state index in [4.69, 9.17) is 9.84 Å². The van der Waals surface area contributed by atoms with E-state index in [1.807, 2.05) is 0 Å². The van der Waals surface area contributed by atoms with Crippen LogP contribution < -0.4 is 20.7 Å². The Morgan fingerprint density at radius 2 is 2.00 bits per heavy atom. The number of aryl methyl sites for hydroxylation is 1. The number of alkyl halides is 3. The minimum atomic E-state index is -4.66. The number of aromatic nitrogens is 4. The summed E-state index contributed by atoms with van der Waals surface area (Å²) < 4.78 is 48.1. The summed E-state index contributed by atoms with van der Waals surface area (Å²) >= 11 is 0.892. The molecule has 0 aliphatic rings. The first-order valence-electron chi connectivity index (χ1n) is 9.63. The molecule has 0 aliphatic heterocycles. The van der Waals surface area contributed by atoms with Crippen LogP contribution in [0.25, 0.3) is 0 Å². The van der Waals surface area contributed by atoms with Gasteiger partial charge in [0.15, 0.2) is 5.69 Å². The van der Waals surface area contributed by atoms with Crippen molar-refractivity contribution in [3.63, 3.8) is 0 Å². The fourth-order valence-electron chi connectivity index (χ4n) is 2.58. The molecule has 180 valence electrons. The Labute approximate surface area is 194 Å². The van der Waals surface area contributed by atoms with E-state index in [0.29, 0.717) is 24.0 Å². The van der Waals surface area contributed by atoms with E-state index in [1.165, 1.54) is 12.3 Å². The number of pyridine rings is 1. The maximum absolute atomic E-state index is 12.9. The van der Waals surface area contributed by atoms with Crippen LogP contribution in [0.3, 0.4) is 0 Å². The third-order valence-electron chi connectivity index (χ3n) is 4.10. The molecule has 0 radical (unpaired) electrons. The number of hydrogen-bond acceptors (Lipinski definition) is 9. The summed E-state index contributed by atoms with van der Waals surface area (Å²) in [5.74, 6) is -0.453. The van der Waals surface area contributed by atoms with Crippen LogP contribution in [0.2, 0.25) is 0 Å². The number of nitrogens with zero attached hydrogens (tertiary/aromatic N) is 4. The van der Waals surface area contributed by atoms with E-state index in [9.17, 15) is 22.8 Å². The lowest BCUT2D eigenvalue weighted by Crippen LogP contribution is -2.23. The summed E-state index contributed by atoms with van der Waals surface area (Å²) in [6.45, 7) is 2.06. The highest BCUT2D eigenvalue weighted by molar-refractivity contribution is 7.10. The van der Waals surface area contributed by atoms with Crippen LogP contribution in [0, 0.1) is 6.92 Å². The van der Waals surface area contributed by atoms with Gasteiger partial charge < -0.3 is 25.8 Å². The second kappa shape index (κ2) is 10.7. The predicted molar refractivity (Wildman–Crippen MR) is 115 cm³/mol. The normalized spacial score (nSPS) is 11.1. The molecule has 0 atom stereocenters. The van der Waals surface area contributed by atoms with Crippen molar-refractivity contribution in [2.75, 3.05) is 23.8 Å². The highest BCUT2D eigenvalue weighted by Crippen LogP contribution is 2.31. The lowest BCUT2D eigenvalue weighted by molar-refractivity contribution is -0.141. The number of carbonyl (C=O) groups excluding carboxylic acids is 1. The average Bonchev–Trinajstić information content (AvgIpc) is 3.14. The molecule has 2 amide bonds. The van der Waals surface area contributed by atoms with Crippen molar-refractivity contribution in [1.29, 1.82) is 0 Å². The molecular weight excluding hydrogens is 479 g/mol. The van der Waals surface area contributed by atoms with Gasteiger partial charge in [-0.1, -0.05) is 0 Å². The van der Waals surface area contributed by atoms with Crippen LogP contribution in [0.15, 0.2) is 30.7 Å². The second-order valence-electron chi connectivity index (χ2n) is 6.66. The monoisotopic (exact) mass is 497 g/mol. The van der Waals surface area contributed by atoms with Crippen molar-refractivity contribution in [1.82, 2.24) is 24.6 Å². The van der Waals surface area contributed by atoms with Crippen LogP contribution in [-0.2, 0) is 6.18 Å². The third-order valence-corrected chi connectivity index (χ3v) is 4.95. The summed E-state index contributed by atoms with van der Waals surface area (Å²) in [5.41, 5.74) is -0.320. The van der Waals surface area contributed by atoms with Gasteiger partial charge in [0, 0.05) is 12.6 Å². The standard InChI is InChI=1S/C19H18F3N7O4S/c1-10-15(17(34-29-10)28-13-9-23-8-12(27-13)19(20,21)22)16(30)26-11-3-4-14(25-7-11)33-6-2-5-24-18(31)32/h3-4,7-9,24H,2,5-6H2,1H3,(H,26,30)(H,27,28)(H,31,32). The van der Waals surface area contributed by atoms with Crippen molar-refractivity contribution in [3.05, 3.63) is 47.7 Å². The van der Waals surface area contributed by atoms with Gasteiger partial charge in [-0.15, -0.1) is 0 Å². The van der Waals surface area contributed by atoms with Gasteiger partial charge in [-0.3, -0.25) is 9.78 Å². The van der Waals surface area contributed by atoms with Crippen molar-refractivity contribution < 1.29 is 32.6 Å². The minimum absolute atomic E-state index is 0.135. The molecule has 4 N–H and O–H groups in total. The molecule has 0 unspecified atom stereocenters. The van der Waals surface area contributed by atoms with Gasteiger partial charge in [0.25, 0.3) is 5.91 Å². The van der Waals surface area contributed by atoms with Gasteiger partial charge in [-0.2, -0.15) is 17.5 Å². The quantitative estimate of drug-likeness (QED) is 0.324. The molecule has 0 spiro atoms. The number of amides is 2. The fourth-order valence-corrected chi connectivity index (χ4v) is 3.38. The van der Waals surface area contributed by atoms with Crippen molar-refractivity contribution in [2.24, 2.45) is 0 Å². The van der Waals surface area contributed by atoms with Gasteiger partial charge in [0.2, 0.25) is 5.88 Å². The third kappa shape index (κ3) is 6.74. The summed E-state index contributed by atoms with van der Waals surface area (Å²) in [7, 11) is 0. The molecule has 0 aliphatic carbocycles. The maximum atomic E-state index is 12.9. The molecule has 0 aromatic carbocycles. The smallest absolute Gasteiger partial charge is 0.434 e. The number of ether oxygens (including phenoxy) is 1. The van der Waals surface area contributed by atoms with Gasteiger partial charge in [0.1, 0.15) is 10.8 Å². The Hall–Kier alpha value is -4.01. The molecular formula is C19H18F3N7O4S. The first-order valence-corrected chi connectivity index (χ1v) is 10.4. The Morgan fingerprint density at radius 3 is 2.68 bits per heavy atom. The summed E-state index contributed by atoms with van der Waals surface area (Å²) in [4.78, 5) is 34.3. The summed E-state index contributed by atoms with van der Waals surface area (Å²) in [6, 6.07) is 3.08. The van der Waals surface area contributed by atoms with Crippen LogP contribution in [0.1, 0.15) is 28.2 Å². The van der Waals surface area contributed by atoms with E-state index < -0.39 is 23.9 Å². The fraction of sp³-hybridized carbons (Fsp3) is 0.263. The Kier molecular flexibility index (Phi) is 7.78. The SMILES string of the molecule is Cc1nsc(Nc2cncc(C(F)(F)F)n2)c1C(=O)Nc1ccc(OCCCNC(=O)O)nc1. The molecule has 0 fully saturated rings. The lowest BCUT2D eigenvalue weighted by Gasteiger charge is -2.10. The Bertz CT molecular complexity index is 1160. The van der Waals surface area contributed by atoms with Gasteiger partial charge in [-0.25, -0.2) is 14.8 Å². The first kappa shape index (κ1) is 24.6. The summed E-state index contributed by atoms with van der Waals surface area (Å²) in [6.07, 6.45) is -2.26. The zero-order valence-electron chi connectivity index (χ0n) is 17.5. The van der Waals surface area contributed by atoms with E-state index >= 15 is 0 Å². The number of halogens is 3. The molecule has 0 saturated heterocycles. The van der Waals surface area contributed by atoms with Gasteiger partial charge >= 0.3 is 12.3 Å². The highest BCUT2D eigenvalue weighted by Gasteiger charge is 2.33. The lowest BCUT2D eigenvalue weighted by atomic mass is 10.2. The number of anilines is 3. The molecule has 3 aromatic heterocycles. The van der Waals surface area contributed by atoms with Gasteiger partial charge in [-0.05, 0) is 30.9 Å². The van der Waals surface area contributed by atoms with Crippen molar-refractivity contribution in [3.8, 4) is 5.88 Å². The number of hydrogen-bond donors (Lipinski definition) is 4. The second-order valence-corrected chi connectivity index (χ2v) is 7.43. The molecule has 11 nitrogen and oxygen atoms in total. The van der Waals surface area contributed by atoms with Crippen LogP contribution >= 0.6 is 11.5 Å². The molecule has 3 heterocycles. The minimum Gasteiger partial charge on any atom is -0.478 e. The molecule has 0 bridgehead atoms. The average molecular weight is 497 g/mol. The van der Waals surface area contributed by atoms with E-state index in [0.717, 1.165) is 17.7 Å². The van der Waals surface area contributed by atoms with Crippen molar-refractivity contribution >= 4 is 40.0 Å². The largest absolute Gasteiger partial charge is 0.478 e. The zero-order chi connectivity index (χ0) is 24.7. The number of rotatable bonds is 9. The molecule has 15 heteroatoms. The molecule has 3 aromatic rings. The number of carbonyl (C=O) groups is 2. The zero-order valence-corrected chi connectivity index (χ0v) is 18.3.